The molecule has 0 radical (unpaired) electrons. The Morgan fingerprint density at radius 3 is 2.45 bits per heavy atom. The van der Waals surface area contributed by atoms with E-state index >= 15 is 0 Å². The molecule has 2 N–H and O–H groups in total. The lowest BCUT2D eigenvalue weighted by Gasteiger charge is -2.23. The van der Waals surface area contributed by atoms with Gasteiger partial charge in [0.25, 0.3) is 0 Å². The number of methoxy groups -OCH3 is 1. The van der Waals surface area contributed by atoms with E-state index in [1.807, 2.05) is 0 Å². The molecule has 1 fully saturated rings. The van der Waals surface area contributed by atoms with Crippen molar-refractivity contribution >= 4 is 29.9 Å². The molecule has 0 aromatic heterocycles. The Balaban J connectivity index is 0.00000441. The van der Waals surface area contributed by atoms with Gasteiger partial charge in [-0.05, 0) is 52.6 Å². The maximum absolute atomic E-state index is 5.41. The number of nitrogens with one attached hydrogen (secondary N) is 2. The number of aliphatic imine (C=N–C) groups is 1. The molecular weight excluding hydrogens is 391 g/mol. The molecule has 1 aliphatic heterocycles. The van der Waals surface area contributed by atoms with Gasteiger partial charge < -0.3 is 20.3 Å². The van der Waals surface area contributed by atoms with Gasteiger partial charge in [0.15, 0.2) is 5.96 Å². The molecule has 132 valence electrons. The average Bonchev–Trinajstić information content (AvgIpc) is 2.95. The molecule has 1 unspecified atom stereocenters. The lowest BCUT2D eigenvalue weighted by Crippen LogP contribution is -2.42. The SMILES string of the molecule is CCNC(=NCC(C)(C)OC)NCC(C)CN1CCCC1.I. The van der Waals surface area contributed by atoms with Crippen LogP contribution in [0.4, 0.5) is 0 Å². The molecule has 0 bridgehead atoms. The summed E-state index contributed by atoms with van der Waals surface area (Å²) in [5.41, 5.74) is -0.219. The monoisotopic (exact) mass is 426 g/mol. The summed E-state index contributed by atoms with van der Waals surface area (Å²) in [6, 6.07) is 0. The van der Waals surface area contributed by atoms with Gasteiger partial charge in [-0.3, -0.25) is 4.99 Å². The van der Waals surface area contributed by atoms with Crippen molar-refractivity contribution in [3.8, 4) is 0 Å². The summed E-state index contributed by atoms with van der Waals surface area (Å²) < 4.78 is 5.41. The maximum atomic E-state index is 5.41. The molecule has 0 aliphatic carbocycles. The van der Waals surface area contributed by atoms with Crippen LogP contribution >= 0.6 is 24.0 Å². The molecule has 0 aromatic carbocycles. The first-order valence-corrected chi connectivity index (χ1v) is 8.26. The highest BCUT2D eigenvalue weighted by molar-refractivity contribution is 14.0. The first-order valence-electron chi connectivity index (χ1n) is 8.26. The summed E-state index contributed by atoms with van der Waals surface area (Å²) >= 11 is 0. The molecular formula is C16H35IN4O. The van der Waals surface area contributed by atoms with Gasteiger partial charge >= 0.3 is 0 Å². The van der Waals surface area contributed by atoms with Crippen molar-refractivity contribution in [2.75, 3.05) is 46.4 Å². The lowest BCUT2D eigenvalue weighted by molar-refractivity contribution is 0.0310. The third kappa shape index (κ3) is 9.15. The number of likely N-dealkylation sites (tertiary alicyclic amines) is 1. The topological polar surface area (TPSA) is 48.9 Å². The van der Waals surface area contributed by atoms with E-state index in [4.69, 9.17) is 4.74 Å². The minimum Gasteiger partial charge on any atom is -0.377 e. The van der Waals surface area contributed by atoms with Gasteiger partial charge in [-0.2, -0.15) is 0 Å². The predicted octanol–water partition coefficient (Wildman–Crippen LogP) is 2.32. The second-order valence-corrected chi connectivity index (χ2v) is 6.65. The number of nitrogens with zero attached hydrogens (tertiary/aromatic N) is 2. The highest BCUT2D eigenvalue weighted by atomic mass is 127. The van der Waals surface area contributed by atoms with Crippen LogP contribution in [0.5, 0.6) is 0 Å². The normalized spacial score (nSPS) is 18.0. The third-order valence-corrected chi connectivity index (χ3v) is 3.90. The summed E-state index contributed by atoms with van der Waals surface area (Å²) in [5.74, 6) is 1.51. The van der Waals surface area contributed by atoms with Gasteiger partial charge in [0, 0.05) is 26.7 Å². The van der Waals surface area contributed by atoms with Crippen molar-refractivity contribution < 1.29 is 4.74 Å². The van der Waals surface area contributed by atoms with Crippen LogP contribution in [0.15, 0.2) is 4.99 Å². The molecule has 0 aromatic rings. The summed E-state index contributed by atoms with van der Waals surface area (Å²) in [5, 5.41) is 6.75. The molecule has 1 aliphatic rings. The van der Waals surface area contributed by atoms with E-state index in [1.165, 1.54) is 32.5 Å². The van der Waals surface area contributed by atoms with E-state index < -0.39 is 0 Å². The molecule has 1 atom stereocenters. The number of rotatable bonds is 8. The van der Waals surface area contributed by atoms with Crippen molar-refractivity contribution in [1.82, 2.24) is 15.5 Å². The van der Waals surface area contributed by atoms with Crippen molar-refractivity contribution in [2.45, 2.75) is 46.1 Å². The molecule has 0 saturated carbocycles. The fourth-order valence-electron chi connectivity index (χ4n) is 2.42. The Bertz CT molecular complexity index is 317. The van der Waals surface area contributed by atoms with Crippen LogP contribution in [-0.2, 0) is 4.74 Å². The van der Waals surface area contributed by atoms with Crippen molar-refractivity contribution in [2.24, 2.45) is 10.9 Å². The van der Waals surface area contributed by atoms with Crippen molar-refractivity contribution in [3.63, 3.8) is 0 Å². The fourth-order valence-corrected chi connectivity index (χ4v) is 2.42. The zero-order valence-corrected chi connectivity index (χ0v) is 17.3. The first kappa shape index (κ1) is 21.9. The van der Waals surface area contributed by atoms with Crippen LogP contribution in [0.3, 0.4) is 0 Å². The number of guanidine groups is 1. The Hall–Kier alpha value is -0.0800. The maximum Gasteiger partial charge on any atom is 0.191 e. The highest BCUT2D eigenvalue weighted by Crippen LogP contribution is 2.10. The molecule has 1 heterocycles. The van der Waals surface area contributed by atoms with Crippen molar-refractivity contribution in [3.05, 3.63) is 0 Å². The van der Waals surface area contributed by atoms with Crippen LogP contribution in [0.25, 0.3) is 0 Å². The fraction of sp³-hybridized carbons (Fsp3) is 0.938. The number of hydrogen-bond donors (Lipinski definition) is 2. The van der Waals surface area contributed by atoms with Crippen LogP contribution < -0.4 is 10.6 Å². The largest absolute Gasteiger partial charge is 0.377 e. The van der Waals surface area contributed by atoms with Gasteiger partial charge in [0.05, 0.1) is 12.1 Å². The van der Waals surface area contributed by atoms with E-state index in [-0.39, 0.29) is 29.6 Å². The molecule has 0 amide bonds. The van der Waals surface area contributed by atoms with Gasteiger partial charge in [0.1, 0.15) is 0 Å². The standard InChI is InChI=1S/C16H34N4O.HI/c1-6-17-15(19-13-16(3,4)21-5)18-11-14(2)12-20-9-7-8-10-20;/h14H,6-13H2,1-5H3,(H2,17,18,19);1H. The van der Waals surface area contributed by atoms with Crippen LogP contribution in [0.1, 0.15) is 40.5 Å². The second kappa shape index (κ2) is 11.5. The summed E-state index contributed by atoms with van der Waals surface area (Å²) in [7, 11) is 1.73. The predicted molar refractivity (Wildman–Crippen MR) is 105 cm³/mol. The molecule has 1 rings (SSSR count). The first-order chi connectivity index (χ1) is 9.96. The van der Waals surface area contributed by atoms with Crippen LogP contribution in [-0.4, -0.2) is 62.8 Å². The van der Waals surface area contributed by atoms with E-state index in [1.54, 1.807) is 7.11 Å². The van der Waals surface area contributed by atoms with Gasteiger partial charge in [-0.1, -0.05) is 6.92 Å². The molecule has 6 heteroatoms. The van der Waals surface area contributed by atoms with Crippen LogP contribution in [0, 0.1) is 5.92 Å². The molecule has 22 heavy (non-hydrogen) atoms. The highest BCUT2D eigenvalue weighted by Gasteiger charge is 2.17. The zero-order valence-electron chi connectivity index (χ0n) is 14.9. The molecule has 5 nitrogen and oxygen atoms in total. The van der Waals surface area contributed by atoms with Gasteiger partial charge in [-0.15, -0.1) is 24.0 Å². The molecule has 0 spiro atoms. The van der Waals surface area contributed by atoms with E-state index in [9.17, 15) is 0 Å². The summed E-state index contributed by atoms with van der Waals surface area (Å²) in [4.78, 5) is 7.18. The minimum atomic E-state index is -0.219. The summed E-state index contributed by atoms with van der Waals surface area (Å²) in [6.45, 7) is 14.7. The molecule has 1 saturated heterocycles. The van der Waals surface area contributed by atoms with Crippen molar-refractivity contribution in [1.29, 1.82) is 0 Å². The average molecular weight is 426 g/mol. The Morgan fingerprint density at radius 1 is 1.27 bits per heavy atom. The van der Waals surface area contributed by atoms with Crippen LogP contribution in [0.2, 0.25) is 0 Å². The number of hydrogen-bond acceptors (Lipinski definition) is 3. The van der Waals surface area contributed by atoms with E-state index in [2.05, 4.69) is 48.2 Å². The Labute approximate surface area is 153 Å². The second-order valence-electron chi connectivity index (χ2n) is 6.65. The quantitative estimate of drug-likeness (QED) is 0.355. The van der Waals surface area contributed by atoms with E-state index in [0.717, 1.165) is 19.0 Å². The van der Waals surface area contributed by atoms with Gasteiger partial charge in [0.2, 0.25) is 0 Å². The smallest absolute Gasteiger partial charge is 0.191 e. The Morgan fingerprint density at radius 2 is 1.91 bits per heavy atom. The van der Waals surface area contributed by atoms with Gasteiger partial charge in [-0.25, -0.2) is 0 Å². The number of halogens is 1. The Kier molecular flexibility index (Phi) is 11.4. The van der Waals surface area contributed by atoms with E-state index in [0.29, 0.717) is 12.5 Å². The zero-order chi connectivity index (χ0) is 15.7. The summed E-state index contributed by atoms with van der Waals surface area (Å²) in [6.07, 6.45) is 2.71. The lowest BCUT2D eigenvalue weighted by atomic mass is 10.1. The number of ether oxygens (including phenoxy) is 1. The minimum absolute atomic E-state index is 0. The third-order valence-electron chi connectivity index (χ3n) is 3.90.